The minimum Gasteiger partial charge on any atom is -0.456 e. The number of hydrogen-bond acceptors (Lipinski definition) is 2. The van der Waals surface area contributed by atoms with Gasteiger partial charge in [0.05, 0.1) is 5.69 Å². The van der Waals surface area contributed by atoms with Gasteiger partial charge in [0.2, 0.25) is 0 Å². The molecular formula is C46H31NO. The van der Waals surface area contributed by atoms with Crippen molar-refractivity contribution >= 4 is 27.8 Å². The molecule has 48 heavy (non-hydrogen) atoms. The average molecular weight is 614 g/mol. The molecule has 0 aromatic heterocycles. The molecule has 1 heterocycles. The predicted molar refractivity (Wildman–Crippen MR) is 200 cm³/mol. The number of ether oxygens (including phenoxy) is 1. The number of hydrogen-bond donors (Lipinski definition) is 0. The van der Waals surface area contributed by atoms with E-state index in [1.807, 2.05) is 0 Å². The zero-order chi connectivity index (χ0) is 31.9. The molecule has 8 aromatic carbocycles. The summed E-state index contributed by atoms with van der Waals surface area (Å²) < 4.78 is 6.41. The van der Waals surface area contributed by atoms with Crippen molar-refractivity contribution in [3.8, 4) is 56.0 Å². The monoisotopic (exact) mass is 613 g/mol. The normalized spacial score (nSPS) is 11.5. The van der Waals surface area contributed by atoms with Gasteiger partial charge in [0.1, 0.15) is 11.5 Å². The summed E-state index contributed by atoms with van der Waals surface area (Å²) in [7, 11) is 0. The second-order valence-corrected chi connectivity index (χ2v) is 12.2. The molecule has 0 unspecified atom stereocenters. The van der Waals surface area contributed by atoms with Gasteiger partial charge >= 0.3 is 0 Å². The Hall–Kier alpha value is -6.38. The molecule has 8 aromatic rings. The molecule has 0 atom stereocenters. The zero-order valence-corrected chi connectivity index (χ0v) is 26.3. The molecule has 0 N–H and O–H groups in total. The first-order valence-corrected chi connectivity index (χ1v) is 16.3. The Morgan fingerprint density at radius 3 is 1.75 bits per heavy atom. The third-order valence-electron chi connectivity index (χ3n) is 9.26. The maximum absolute atomic E-state index is 6.41. The summed E-state index contributed by atoms with van der Waals surface area (Å²) in [5.74, 6) is 1.80. The van der Waals surface area contributed by atoms with E-state index >= 15 is 0 Å². The fourth-order valence-corrected chi connectivity index (χ4v) is 6.96. The van der Waals surface area contributed by atoms with Crippen LogP contribution in [-0.4, -0.2) is 0 Å². The summed E-state index contributed by atoms with van der Waals surface area (Å²) in [4.78, 5) is 2.37. The lowest BCUT2D eigenvalue weighted by Gasteiger charge is -2.28. The summed E-state index contributed by atoms with van der Waals surface area (Å²) in [5.41, 5.74) is 12.7. The second kappa shape index (κ2) is 11.8. The van der Waals surface area contributed by atoms with Gasteiger partial charge in [-0.2, -0.15) is 0 Å². The number of benzene rings is 8. The standard InChI is InChI=1S/C46H31NO/c1-3-12-32(13-4-1)33-24-27-38(28-25-33)47(43-22-8-7-20-40(43)34-14-5-2-6-15-34)39-19-9-18-36(30-39)37-26-29-44-42(31-37)41-21-10-16-35-17-11-23-45(48-44)46(35)41/h1-31H. The fourth-order valence-electron chi connectivity index (χ4n) is 6.96. The lowest BCUT2D eigenvalue weighted by atomic mass is 9.92. The first-order valence-electron chi connectivity index (χ1n) is 16.3. The first kappa shape index (κ1) is 27.9. The van der Waals surface area contributed by atoms with E-state index < -0.39 is 0 Å². The number of para-hydroxylation sites is 1. The lowest BCUT2D eigenvalue weighted by molar-refractivity contribution is 0.487. The van der Waals surface area contributed by atoms with Gasteiger partial charge in [0.15, 0.2) is 0 Å². The van der Waals surface area contributed by atoms with Crippen molar-refractivity contribution in [2.75, 3.05) is 4.90 Å². The summed E-state index contributed by atoms with van der Waals surface area (Å²) in [6.45, 7) is 0. The van der Waals surface area contributed by atoms with E-state index in [1.165, 1.54) is 38.6 Å². The van der Waals surface area contributed by atoms with Gasteiger partial charge in [0, 0.05) is 27.9 Å². The fraction of sp³-hybridized carbons (Fsp3) is 0. The summed E-state index contributed by atoms with van der Waals surface area (Å²) in [5, 5.41) is 2.36. The smallest absolute Gasteiger partial charge is 0.135 e. The van der Waals surface area contributed by atoms with Crippen LogP contribution < -0.4 is 9.64 Å². The maximum atomic E-state index is 6.41. The lowest BCUT2D eigenvalue weighted by Crippen LogP contribution is -2.11. The molecule has 0 bridgehead atoms. The SMILES string of the molecule is c1ccc(-c2ccc(N(c3cccc(-c4ccc5c(c4)-c4cccc6cccc(c46)O5)c3)c3ccccc3-c3ccccc3)cc2)cc1. The van der Waals surface area contributed by atoms with Gasteiger partial charge in [0.25, 0.3) is 0 Å². The van der Waals surface area contributed by atoms with Gasteiger partial charge < -0.3 is 9.64 Å². The number of fused-ring (bicyclic) bond motifs is 2. The van der Waals surface area contributed by atoms with Crippen LogP contribution in [0.1, 0.15) is 0 Å². The summed E-state index contributed by atoms with van der Waals surface area (Å²) >= 11 is 0. The van der Waals surface area contributed by atoms with Crippen LogP contribution in [0.3, 0.4) is 0 Å². The number of nitrogens with zero attached hydrogens (tertiary/aromatic N) is 1. The van der Waals surface area contributed by atoms with Crippen LogP contribution in [0.2, 0.25) is 0 Å². The van der Waals surface area contributed by atoms with E-state index in [9.17, 15) is 0 Å². The minimum atomic E-state index is 0.887. The van der Waals surface area contributed by atoms with E-state index in [4.69, 9.17) is 4.74 Å². The Bertz CT molecular complexity index is 2410. The molecule has 0 saturated heterocycles. The average Bonchev–Trinajstić information content (AvgIpc) is 3.16. The molecule has 0 spiro atoms. The highest BCUT2D eigenvalue weighted by molar-refractivity contribution is 6.04. The van der Waals surface area contributed by atoms with Gasteiger partial charge in [-0.3, -0.25) is 0 Å². The Morgan fingerprint density at radius 1 is 0.333 bits per heavy atom. The molecule has 9 rings (SSSR count). The zero-order valence-electron chi connectivity index (χ0n) is 26.3. The quantitative estimate of drug-likeness (QED) is 0.185. The maximum Gasteiger partial charge on any atom is 0.135 e. The highest BCUT2D eigenvalue weighted by Crippen LogP contribution is 2.48. The van der Waals surface area contributed by atoms with Crippen molar-refractivity contribution in [2.45, 2.75) is 0 Å². The van der Waals surface area contributed by atoms with Crippen molar-refractivity contribution in [3.63, 3.8) is 0 Å². The highest BCUT2D eigenvalue weighted by Gasteiger charge is 2.21. The van der Waals surface area contributed by atoms with E-state index in [2.05, 4.69) is 193 Å². The first-order chi connectivity index (χ1) is 23.8. The minimum absolute atomic E-state index is 0.887. The number of rotatable bonds is 6. The van der Waals surface area contributed by atoms with Crippen LogP contribution in [0.4, 0.5) is 17.1 Å². The van der Waals surface area contributed by atoms with E-state index in [1.54, 1.807) is 0 Å². The Labute approximate surface area is 280 Å². The molecular weight excluding hydrogens is 583 g/mol. The van der Waals surface area contributed by atoms with Crippen LogP contribution >= 0.6 is 0 Å². The van der Waals surface area contributed by atoms with Crippen LogP contribution in [-0.2, 0) is 0 Å². The van der Waals surface area contributed by atoms with Crippen molar-refractivity contribution in [1.29, 1.82) is 0 Å². The summed E-state index contributed by atoms with van der Waals surface area (Å²) in [6, 6.07) is 66.9. The van der Waals surface area contributed by atoms with Crippen molar-refractivity contribution in [2.24, 2.45) is 0 Å². The Kier molecular flexibility index (Phi) is 6.84. The van der Waals surface area contributed by atoms with Crippen LogP contribution in [0.5, 0.6) is 11.5 Å². The van der Waals surface area contributed by atoms with Gasteiger partial charge in [-0.1, -0.05) is 140 Å². The van der Waals surface area contributed by atoms with Crippen molar-refractivity contribution in [1.82, 2.24) is 0 Å². The summed E-state index contributed by atoms with van der Waals surface area (Å²) in [6.07, 6.45) is 0. The molecule has 0 aliphatic carbocycles. The van der Waals surface area contributed by atoms with E-state index in [0.717, 1.165) is 45.3 Å². The topological polar surface area (TPSA) is 12.5 Å². The molecule has 226 valence electrons. The predicted octanol–water partition coefficient (Wildman–Crippen LogP) is 13.1. The Balaban J connectivity index is 1.18. The van der Waals surface area contributed by atoms with Gasteiger partial charge in [-0.05, 0) is 87.3 Å². The van der Waals surface area contributed by atoms with Crippen molar-refractivity contribution in [3.05, 3.63) is 188 Å². The molecule has 0 saturated carbocycles. The van der Waals surface area contributed by atoms with Gasteiger partial charge in [-0.25, -0.2) is 0 Å². The third kappa shape index (κ3) is 4.92. The second-order valence-electron chi connectivity index (χ2n) is 12.2. The van der Waals surface area contributed by atoms with Crippen LogP contribution in [0, 0.1) is 0 Å². The molecule has 1 aliphatic rings. The van der Waals surface area contributed by atoms with Crippen LogP contribution in [0.25, 0.3) is 55.3 Å². The molecule has 0 fully saturated rings. The largest absolute Gasteiger partial charge is 0.456 e. The molecule has 1 aliphatic heterocycles. The van der Waals surface area contributed by atoms with E-state index in [0.29, 0.717) is 0 Å². The number of anilines is 3. The van der Waals surface area contributed by atoms with Gasteiger partial charge in [-0.15, -0.1) is 0 Å². The van der Waals surface area contributed by atoms with Crippen LogP contribution in [0.15, 0.2) is 188 Å². The Morgan fingerprint density at radius 2 is 0.938 bits per heavy atom. The molecule has 0 amide bonds. The molecule has 2 heteroatoms. The van der Waals surface area contributed by atoms with E-state index in [-0.39, 0.29) is 0 Å². The molecule has 0 radical (unpaired) electrons. The molecule has 2 nitrogen and oxygen atoms in total. The third-order valence-corrected chi connectivity index (χ3v) is 9.26. The van der Waals surface area contributed by atoms with Crippen molar-refractivity contribution < 1.29 is 4.74 Å². The highest BCUT2D eigenvalue weighted by atomic mass is 16.5.